The Bertz CT molecular complexity index is 1280. The van der Waals surface area contributed by atoms with Gasteiger partial charge in [-0.2, -0.15) is 0 Å². The summed E-state index contributed by atoms with van der Waals surface area (Å²) in [6, 6.07) is 20.0. The van der Waals surface area contributed by atoms with Gasteiger partial charge in [0, 0.05) is 18.2 Å². The third-order valence-electron chi connectivity index (χ3n) is 6.13. The lowest BCUT2D eigenvalue weighted by Gasteiger charge is -2.20. The van der Waals surface area contributed by atoms with Crippen LogP contribution >= 0.6 is 0 Å². The molecule has 1 fully saturated rings. The van der Waals surface area contributed by atoms with Crippen molar-refractivity contribution < 1.29 is 19.5 Å². The fourth-order valence-corrected chi connectivity index (χ4v) is 4.37. The number of phenolic OH excluding ortho intramolecular Hbond substituents is 1. The molecular weight excluding hydrogens is 430 g/mol. The van der Waals surface area contributed by atoms with Gasteiger partial charge in [-0.1, -0.05) is 48.6 Å². The van der Waals surface area contributed by atoms with Gasteiger partial charge in [0.2, 0.25) is 5.91 Å². The Morgan fingerprint density at radius 3 is 2.44 bits per heavy atom. The van der Waals surface area contributed by atoms with Gasteiger partial charge < -0.3 is 20.6 Å². The molecule has 7 heteroatoms. The van der Waals surface area contributed by atoms with Gasteiger partial charge in [0.15, 0.2) is 0 Å². The number of anilines is 1. The van der Waals surface area contributed by atoms with Crippen molar-refractivity contribution in [1.82, 2.24) is 10.2 Å². The molecule has 34 heavy (non-hydrogen) atoms. The summed E-state index contributed by atoms with van der Waals surface area (Å²) < 4.78 is 0. The number of nitrogens with zero attached hydrogens (tertiary/aromatic N) is 1. The number of hydrogen-bond donors (Lipinski definition) is 3. The van der Waals surface area contributed by atoms with Crippen molar-refractivity contribution in [2.75, 3.05) is 11.9 Å². The van der Waals surface area contributed by atoms with E-state index in [2.05, 4.69) is 10.6 Å². The lowest BCUT2D eigenvalue weighted by molar-refractivity contribution is -0.119. The van der Waals surface area contributed by atoms with Crippen LogP contribution in [0.15, 0.2) is 72.8 Å². The van der Waals surface area contributed by atoms with E-state index in [1.165, 1.54) is 0 Å². The minimum absolute atomic E-state index is 0.196. The second kappa shape index (κ2) is 8.86. The zero-order chi connectivity index (χ0) is 23.7. The lowest BCUT2D eigenvalue weighted by Crippen LogP contribution is -2.41. The smallest absolute Gasteiger partial charge is 0.256 e. The molecular formula is C27H23N3O4. The molecule has 2 aliphatic heterocycles. The van der Waals surface area contributed by atoms with E-state index in [-0.39, 0.29) is 36.1 Å². The average molecular weight is 453 g/mol. The van der Waals surface area contributed by atoms with E-state index in [9.17, 15) is 19.5 Å². The highest BCUT2D eigenvalue weighted by Crippen LogP contribution is 2.30. The molecule has 0 spiro atoms. The first-order valence-electron chi connectivity index (χ1n) is 11.1. The quantitative estimate of drug-likeness (QED) is 0.527. The first-order chi connectivity index (χ1) is 16.5. The zero-order valence-corrected chi connectivity index (χ0v) is 18.3. The first kappa shape index (κ1) is 21.5. The van der Waals surface area contributed by atoms with Crippen molar-refractivity contribution in [1.29, 1.82) is 0 Å². The molecule has 3 aromatic rings. The Balaban J connectivity index is 1.35. The number of carbonyl (C=O) groups excluding carboxylic acids is 3. The van der Waals surface area contributed by atoms with Crippen molar-refractivity contribution >= 4 is 35.6 Å². The largest absolute Gasteiger partial charge is 0.508 e. The maximum atomic E-state index is 13.4. The fraction of sp³-hybridized carbons (Fsp3) is 0.148. The van der Waals surface area contributed by atoms with E-state index in [0.29, 0.717) is 23.2 Å². The summed E-state index contributed by atoms with van der Waals surface area (Å²) in [5.41, 5.74) is 3.15. The number of rotatable bonds is 4. The summed E-state index contributed by atoms with van der Waals surface area (Å²) in [5, 5.41) is 15.2. The maximum absolute atomic E-state index is 13.4. The van der Waals surface area contributed by atoms with Crippen LogP contribution in [0.2, 0.25) is 0 Å². The van der Waals surface area contributed by atoms with Crippen molar-refractivity contribution in [3.63, 3.8) is 0 Å². The van der Waals surface area contributed by atoms with E-state index in [1.54, 1.807) is 65.6 Å². The van der Waals surface area contributed by atoms with Gasteiger partial charge in [0.05, 0.1) is 11.3 Å². The number of phenols is 1. The van der Waals surface area contributed by atoms with Crippen LogP contribution in [0.5, 0.6) is 5.75 Å². The summed E-state index contributed by atoms with van der Waals surface area (Å²) in [7, 11) is 0. The Morgan fingerprint density at radius 2 is 1.68 bits per heavy atom. The number of carbonyl (C=O) groups is 3. The average Bonchev–Trinajstić information content (AvgIpc) is 3.24. The number of aromatic hydroxyl groups is 1. The predicted molar refractivity (Wildman–Crippen MR) is 129 cm³/mol. The molecule has 3 N–H and O–H groups in total. The minimum Gasteiger partial charge on any atom is -0.508 e. The van der Waals surface area contributed by atoms with E-state index in [1.807, 2.05) is 24.3 Å². The molecule has 170 valence electrons. The number of benzene rings is 3. The number of hydrogen-bond acceptors (Lipinski definition) is 4. The first-order valence-corrected chi connectivity index (χ1v) is 11.1. The van der Waals surface area contributed by atoms with Crippen LogP contribution in [0.25, 0.3) is 12.2 Å². The highest BCUT2D eigenvalue weighted by atomic mass is 16.3. The lowest BCUT2D eigenvalue weighted by atomic mass is 10.1. The second-order valence-electron chi connectivity index (χ2n) is 8.46. The van der Waals surface area contributed by atoms with Crippen LogP contribution in [0.1, 0.15) is 38.3 Å². The topological polar surface area (TPSA) is 98.7 Å². The molecule has 0 aromatic heterocycles. The van der Waals surface area contributed by atoms with E-state index >= 15 is 0 Å². The minimum atomic E-state index is -0.642. The molecule has 0 saturated carbocycles. The van der Waals surface area contributed by atoms with Gasteiger partial charge >= 0.3 is 0 Å². The molecule has 3 amide bonds. The van der Waals surface area contributed by atoms with Gasteiger partial charge in [-0.15, -0.1) is 0 Å². The van der Waals surface area contributed by atoms with Crippen molar-refractivity contribution in [3.8, 4) is 5.75 Å². The molecule has 5 rings (SSSR count). The Kier molecular flexibility index (Phi) is 5.59. The summed E-state index contributed by atoms with van der Waals surface area (Å²) >= 11 is 0. The molecule has 2 atom stereocenters. The highest BCUT2D eigenvalue weighted by molar-refractivity contribution is 6.10. The van der Waals surface area contributed by atoms with Crippen LogP contribution in [-0.4, -0.2) is 46.4 Å². The van der Waals surface area contributed by atoms with Crippen LogP contribution in [0.4, 0.5) is 5.69 Å². The monoisotopic (exact) mass is 453 g/mol. The molecule has 1 saturated heterocycles. The van der Waals surface area contributed by atoms with Crippen LogP contribution in [-0.2, 0) is 4.79 Å². The van der Waals surface area contributed by atoms with Gasteiger partial charge in [0.25, 0.3) is 11.8 Å². The molecule has 0 bridgehead atoms. The van der Waals surface area contributed by atoms with Gasteiger partial charge in [0.1, 0.15) is 11.8 Å². The number of amides is 3. The third kappa shape index (κ3) is 4.28. The summed E-state index contributed by atoms with van der Waals surface area (Å²) in [4.78, 5) is 40.4. The van der Waals surface area contributed by atoms with Crippen molar-refractivity contribution in [2.45, 2.75) is 18.5 Å². The second-order valence-corrected chi connectivity index (χ2v) is 8.46. The summed E-state index contributed by atoms with van der Waals surface area (Å²) in [5.74, 6) is -0.522. The fourth-order valence-electron chi connectivity index (χ4n) is 4.37. The molecule has 2 aliphatic rings. The number of nitrogens with one attached hydrogen (secondary N) is 2. The molecule has 0 radical (unpaired) electrons. The molecule has 3 aromatic carbocycles. The van der Waals surface area contributed by atoms with E-state index in [0.717, 1.165) is 11.1 Å². The summed E-state index contributed by atoms with van der Waals surface area (Å²) in [6.07, 6.45) is 4.11. The molecule has 0 aliphatic carbocycles. The molecule has 7 nitrogen and oxygen atoms in total. The Morgan fingerprint density at radius 1 is 0.971 bits per heavy atom. The normalized spacial score (nSPS) is 19.4. The van der Waals surface area contributed by atoms with Gasteiger partial charge in [-0.3, -0.25) is 14.4 Å². The number of fused-ring (bicyclic) bond motifs is 2. The maximum Gasteiger partial charge on any atom is 0.256 e. The van der Waals surface area contributed by atoms with Gasteiger partial charge in [-0.25, -0.2) is 0 Å². The molecule has 2 heterocycles. The van der Waals surface area contributed by atoms with Gasteiger partial charge in [-0.05, 0) is 53.9 Å². The van der Waals surface area contributed by atoms with Crippen LogP contribution in [0.3, 0.4) is 0 Å². The van der Waals surface area contributed by atoms with Crippen LogP contribution in [0, 0.1) is 0 Å². The zero-order valence-electron chi connectivity index (χ0n) is 18.3. The SMILES string of the molecule is O=C(NC1CC2C(=O)Nc3ccc(C=Cc4ccc(O)cc4)cc3C(=O)N2C1)c1ccccc1. The van der Waals surface area contributed by atoms with E-state index < -0.39 is 6.04 Å². The Labute approximate surface area is 196 Å². The standard InChI is InChI=1S/C27H23N3O4/c31-21-11-8-17(9-12-21)6-7-18-10-13-23-22(14-18)27(34)30-16-20(15-24(30)26(33)29-23)28-25(32)19-4-2-1-3-5-19/h1-14,20,24,31H,15-16H2,(H,28,32)(H,29,33). The van der Waals surface area contributed by atoms with E-state index in [4.69, 9.17) is 0 Å². The van der Waals surface area contributed by atoms with Crippen LogP contribution < -0.4 is 10.6 Å². The van der Waals surface area contributed by atoms with Crippen molar-refractivity contribution in [3.05, 3.63) is 95.1 Å². The molecule has 2 unspecified atom stereocenters. The summed E-state index contributed by atoms with van der Waals surface area (Å²) in [6.45, 7) is 0.266. The third-order valence-corrected chi connectivity index (χ3v) is 6.13. The van der Waals surface area contributed by atoms with Crippen molar-refractivity contribution in [2.24, 2.45) is 0 Å². The predicted octanol–water partition coefficient (Wildman–Crippen LogP) is 3.53. The highest BCUT2D eigenvalue weighted by Gasteiger charge is 2.43. The Hall–Kier alpha value is -4.39.